The Kier molecular flexibility index (Phi) is 4.92. The third-order valence-electron chi connectivity index (χ3n) is 4.99. The third kappa shape index (κ3) is 3.66. The first-order chi connectivity index (χ1) is 14.0. The van der Waals surface area contributed by atoms with E-state index in [0.717, 1.165) is 33.4 Å². The molecule has 1 amide bonds. The fourth-order valence-electron chi connectivity index (χ4n) is 3.38. The molecule has 1 N–H and O–H groups in total. The molecule has 0 atom stereocenters. The van der Waals surface area contributed by atoms with Gasteiger partial charge < -0.3 is 23.9 Å². The van der Waals surface area contributed by atoms with E-state index >= 15 is 0 Å². The molecule has 4 rings (SSSR count). The van der Waals surface area contributed by atoms with Crippen LogP contribution in [0.4, 0.5) is 5.69 Å². The summed E-state index contributed by atoms with van der Waals surface area (Å²) in [5.41, 5.74) is 4.17. The van der Waals surface area contributed by atoms with Gasteiger partial charge in [0.1, 0.15) is 17.1 Å². The van der Waals surface area contributed by atoms with E-state index in [-0.39, 0.29) is 12.7 Å². The molecule has 1 aliphatic heterocycles. The molecule has 1 aromatic heterocycles. The largest absolute Gasteiger partial charge is 0.493 e. The standard InChI is InChI=1S/C23H23NO5/c1-5-26-20-11-21-18(14(3)15(4)29-21)10-17(20)13(2)8-23(25)24-16-6-7-19-22(9-16)28-12-27-19/h6-11H,5,12H2,1-4H3,(H,24,25)/b13-8+. The molecule has 6 nitrogen and oxygen atoms in total. The second-order valence-corrected chi connectivity index (χ2v) is 6.95. The first-order valence-electron chi connectivity index (χ1n) is 9.52. The molecule has 0 aliphatic carbocycles. The molecule has 1 aliphatic rings. The Morgan fingerprint density at radius 2 is 1.97 bits per heavy atom. The molecule has 0 bridgehead atoms. The van der Waals surface area contributed by atoms with Crippen molar-refractivity contribution in [2.24, 2.45) is 0 Å². The van der Waals surface area contributed by atoms with Crippen LogP contribution in [0.25, 0.3) is 16.5 Å². The van der Waals surface area contributed by atoms with Gasteiger partial charge in [0.05, 0.1) is 6.61 Å². The predicted molar refractivity (Wildman–Crippen MR) is 112 cm³/mol. The molecule has 0 spiro atoms. The van der Waals surface area contributed by atoms with E-state index in [1.165, 1.54) is 0 Å². The van der Waals surface area contributed by atoms with Crippen molar-refractivity contribution in [3.05, 3.63) is 53.3 Å². The molecular formula is C23H23NO5. The highest BCUT2D eigenvalue weighted by Crippen LogP contribution is 2.36. The number of hydrogen-bond donors (Lipinski definition) is 1. The zero-order valence-electron chi connectivity index (χ0n) is 16.9. The van der Waals surface area contributed by atoms with Gasteiger partial charge in [-0.3, -0.25) is 4.79 Å². The van der Waals surface area contributed by atoms with Crippen LogP contribution in [-0.4, -0.2) is 19.3 Å². The van der Waals surface area contributed by atoms with Gasteiger partial charge in [0.25, 0.3) is 0 Å². The number of fused-ring (bicyclic) bond motifs is 2. The summed E-state index contributed by atoms with van der Waals surface area (Å²) in [6.45, 7) is 8.51. The molecule has 0 saturated carbocycles. The highest BCUT2D eigenvalue weighted by Gasteiger charge is 2.16. The number of amides is 1. The lowest BCUT2D eigenvalue weighted by molar-refractivity contribution is -0.111. The summed E-state index contributed by atoms with van der Waals surface area (Å²) >= 11 is 0. The molecular weight excluding hydrogens is 370 g/mol. The minimum atomic E-state index is -0.232. The lowest BCUT2D eigenvalue weighted by Gasteiger charge is -2.11. The Labute approximate surface area is 169 Å². The summed E-state index contributed by atoms with van der Waals surface area (Å²) in [6, 6.07) is 9.22. The maximum atomic E-state index is 12.6. The third-order valence-corrected chi connectivity index (χ3v) is 4.99. The monoisotopic (exact) mass is 393 g/mol. The molecule has 0 radical (unpaired) electrons. The zero-order chi connectivity index (χ0) is 20.5. The molecule has 2 heterocycles. The van der Waals surface area contributed by atoms with E-state index in [1.54, 1.807) is 24.3 Å². The highest BCUT2D eigenvalue weighted by atomic mass is 16.7. The van der Waals surface area contributed by atoms with E-state index < -0.39 is 0 Å². The lowest BCUT2D eigenvalue weighted by atomic mass is 10.0. The first kappa shape index (κ1) is 18.9. The van der Waals surface area contributed by atoms with Crippen LogP contribution in [-0.2, 0) is 4.79 Å². The van der Waals surface area contributed by atoms with Crippen molar-refractivity contribution < 1.29 is 23.4 Å². The Balaban J connectivity index is 1.63. The fraction of sp³-hybridized carbons (Fsp3) is 0.261. The smallest absolute Gasteiger partial charge is 0.248 e. The van der Waals surface area contributed by atoms with E-state index in [9.17, 15) is 4.79 Å². The van der Waals surface area contributed by atoms with Crippen LogP contribution >= 0.6 is 0 Å². The number of hydrogen-bond acceptors (Lipinski definition) is 5. The van der Waals surface area contributed by atoms with Crippen molar-refractivity contribution in [3.63, 3.8) is 0 Å². The lowest BCUT2D eigenvalue weighted by Crippen LogP contribution is -2.08. The molecule has 0 saturated heterocycles. The number of furan rings is 1. The van der Waals surface area contributed by atoms with Crippen LogP contribution in [0.1, 0.15) is 30.7 Å². The number of rotatable bonds is 5. The Morgan fingerprint density at radius 3 is 2.76 bits per heavy atom. The molecule has 6 heteroatoms. The van der Waals surface area contributed by atoms with Gasteiger partial charge >= 0.3 is 0 Å². The van der Waals surface area contributed by atoms with Gasteiger partial charge in [0, 0.05) is 34.8 Å². The molecule has 150 valence electrons. The number of aryl methyl sites for hydroxylation is 2. The number of allylic oxidation sites excluding steroid dienone is 1. The van der Waals surface area contributed by atoms with Crippen LogP contribution in [0.3, 0.4) is 0 Å². The first-order valence-corrected chi connectivity index (χ1v) is 9.52. The van der Waals surface area contributed by atoms with E-state index in [2.05, 4.69) is 5.32 Å². The summed E-state index contributed by atoms with van der Waals surface area (Å²) in [5, 5.41) is 3.88. The highest BCUT2D eigenvalue weighted by molar-refractivity contribution is 6.05. The van der Waals surface area contributed by atoms with Gasteiger partial charge in [-0.2, -0.15) is 0 Å². The Hall–Kier alpha value is -3.41. The topological polar surface area (TPSA) is 69.9 Å². The Bertz CT molecular complexity index is 1130. The number of nitrogens with one attached hydrogen (secondary N) is 1. The number of carbonyl (C=O) groups is 1. The summed E-state index contributed by atoms with van der Waals surface area (Å²) in [7, 11) is 0. The second kappa shape index (κ2) is 7.54. The van der Waals surface area contributed by atoms with Crippen LogP contribution in [0, 0.1) is 13.8 Å². The van der Waals surface area contributed by atoms with Crippen LogP contribution in [0.2, 0.25) is 0 Å². The fourth-order valence-corrected chi connectivity index (χ4v) is 3.38. The van der Waals surface area contributed by atoms with Crippen LogP contribution in [0.15, 0.2) is 40.8 Å². The zero-order valence-corrected chi connectivity index (χ0v) is 16.9. The average molecular weight is 393 g/mol. The van der Waals surface area contributed by atoms with Gasteiger partial charge in [-0.05, 0) is 57.0 Å². The summed E-state index contributed by atoms with van der Waals surface area (Å²) in [5.74, 6) is 2.64. The maximum absolute atomic E-state index is 12.6. The van der Waals surface area contributed by atoms with Crippen molar-refractivity contribution >= 4 is 28.1 Å². The molecule has 2 aromatic carbocycles. The number of ether oxygens (including phenoxy) is 3. The molecule has 0 fully saturated rings. The van der Waals surface area contributed by atoms with Gasteiger partial charge in [0.15, 0.2) is 11.5 Å². The molecule has 3 aromatic rings. The summed E-state index contributed by atoms with van der Waals surface area (Å²) < 4.78 is 22.3. The van der Waals surface area contributed by atoms with Crippen LogP contribution < -0.4 is 19.5 Å². The summed E-state index contributed by atoms with van der Waals surface area (Å²) in [4.78, 5) is 12.6. The predicted octanol–water partition coefficient (Wildman–Crippen LogP) is 5.22. The van der Waals surface area contributed by atoms with Crippen LogP contribution in [0.5, 0.6) is 17.2 Å². The quantitative estimate of drug-likeness (QED) is 0.602. The van der Waals surface area contributed by atoms with Crippen molar-refractivity contribution in [2.75, 3.05) is 18.7 Å². The Morgan fingerprint density at radius 1 is 1.17 bits per heavy atom. The number of benzene rings is 2. The van der Waals surface area contributed by atoms with Gasteiger partial charge in [-0.1, -0.05) is 0 Å². The van der Waals surface area contributed by atoms with Gasteiger partial charge in [0.2, 0.25) is 12.7 Å². The van der Waals surface area contributed by atoms with E-state index in [4.69, 9.17) is 18.6 Å². The van der Waals surface area contributed by atoms with Crippen molar-refractivity contribution in [3.8, 4) is 17.2 Å². The number of anilines is 1. The minimum Gasteiger partial charge on any atom is -0.493 e. The second-order valence-electron chi connectivity index (χ2n) is 6.95. The minimum absolute atomic E-state index is 0.196. The SMILES string of the molecule is CCOc1cc2oc(C)c(C)c2cc1/C(C)=C/C(=O)Nc1ccc2c(c1)OCO2. The molecule has 29 heavy (non-hydrogen) atoms. The van der Waals surface area contributed by atoms with Gasteiger partial charge in [-0.25, -0.2) is 0 Å². The van der Waals surface area contributed by atoms with Crippen molar-refractivity contribution in [2.45, 2.75) is 27.7 Å². The normalized spacial score (nSPS) is 13.0. The molecule has 0 unspecified atom stereocenters. The van der Waals surface area contributed by atoms with E-state index in [1.807, 2.05) is 39.8 Å². The van der Waals surface area contributed by atoms with Crippen molar-refractivity contribution in [1.82, 2.24) is 0 Å². The summed E-state index contributed by atoms with van der Waals surface area (Å²) in [6.07, 6.45) is 1.57. The van der Waals surface area contributed by atoms with Crippen molar-refractivity contribution in [1.29, 1.82) is 0 Å². The maximum Gasteiger partial charge on any atom is 0.248 e. The van der Waals surface area contributed by atoms with E-state index in [0.29, 0.717) is 29.5 Å². The average Bonchev–Trinajstić information content (AvgIpc) is 3.25. The number of carbonyl (C=O) groups excluding carboxylic acids is 1. The van der Waals surface area contributed by atoms with Gasteiger partial charge in [-0.15, -0.1) is 0 Å².